The van der Waals surface area contributed by atoms with Crippen LogP contribution < -0.4 is 4.90 Å². The number of carboxylic acid groups (broad SMARTS) is 1. The van der Waals surface area contributed by atoms with Crippen LogP contribution in [0, 0.1) is 28.4 Å². The summed E-state index contributed by atoms with van der Waals surface area (Å²) in [5.74, 6) is -0.645. The first-order valence-corrected chi connectivity index (χ1v) is 6.87. The Labute approximate surface area is 122 Å². The Morgan fingerprint density at radius 2 is 2.24 bits per heavy atom. The van der Waals surface area contributed by atoms with Crippen LogP contribution in [0.25, 0.3) is 0 Å². The average Bonchev–Trinajstić information content (AvgIpc) is 2.84. The first kappa shape index (κ1) is 15.2. The number of hydrogen-bond acceptors (Lipinski definition) is 5. The summed E-state index contributed by atoms with van der Waals surface area (Å²) in [6.45, 7) is 6.19. The summed E-state index contributed by atoms with van der Waals surface area (Å²) in [5, 5.41) is 20.7. The molecule has 7 heteroatoms. The smallest absolute Gasteiger partial charge is 0.311 e. The standard InChI is InChI=1S/C14H19N3O4/c1-9(2)14(13(18)19)4-5-16(8-14)12-11(17(20)21)6-10(3)7-15-12/h6-7,9H,4-5,8H2,1-3H3,(H,18,19). The van der Waals surface area contributed by atoms with Crippen LogP contribution in [0.4, 0.5) is 11.5 Å². The minimum Gasteiger partial charge on any atom is -0.481 e. The van der Waals surface area contributed by atoms with Crippen LogP contribution in [-0.2, 0) is 4.79 Å². The molecule has 2 rings (SSSR count). The van der Waals surface area contributed by atoms with Crippen molar-refractivity contribution in [3.63, 3.8) is 0 Å². The fourth-order valence-corrected chi connectivity index (χ4v) is 2.83. The number of nitro groups is 1. The van der Waals surface area contributed by atoms with Gasteiger partial charge in [-0.25, -0.2) is 4.98 Å². The van der Waals surface area contributed by atoms with Crippen LogP contribution >= 0.6 is 0 Å². The zero-order chi connectivity index (χ0) is 15.8. The van der Waals surface area contributed by atoms with E-state index in [1.54, 1.807) is 18.0 Å². The SMILES string of the molecule is Cc1cnc(N2CCC(C(=O)O)(C(C)C)C2)c([N+](=O)[O-])c1. The van der Waals surface area contributed by atoms with Gasteiger partial charge in [-0.3, -0.25) is 14.9 Å². The molecule has 0 aromatic carbocycles. The van der Waals surface area contributed by atoms with E-state index >= 15 is 0 Å². The summed E-state index contributed by atoms with van der Waals surface area (Å²) in [6.07, 6.45) is 2.03. The highest BCUT2D eigenvalue weighted by Crippen LogP contribution is 2.41. The fraction of sp³-hybridized carbons (Fsp3) is 0.571. The highest BCUT2D eigenvalue weighted by molar-refractivity contribution is 5.77. The maximum Gasteiger partial charge on any atom is 0.311 e. The van der Waals surface area contributed by atoms with E-state index < -0.39 is 16.3 Å². The van der Waals surface area contributed by atoms with Gasteiger partial charge in [0.15, 0.2) is 0 Å². The Kier molecular flexibility index (Phi) is 3.85. The molecule has 0 radical (unpaired) electrons. The van der Waals surface area contributed by atoms with Gasteiger partial charge in [0.05, 0.1) is 10.3 Å². The molecular weight excluding hydrogens is 274 g/mol. The highest BCUT2D eigenvalue weighted by Gasteiger charge is 2.48. The Morgan fingerprint density at radius 1 is 1.57 bits per heavy atom. The van der Waals surface area contributed by atoms with Crippen molar-refractivity contribution >= 4 is 17.5 Å². The van der Waals surface area contributed by atoms with E-state index in [2.05, 4.69) is 4.98 Å². The van der Waals surface area contributed by atoms with Crippen molar-refractivity contribution in [1.82, 2.24) is 4.98 Å². The second-order valence-corrected chi connectivity index (χ2v) is 5.90. The molecule has 0 saturated carbocycles. The monoisotopic (exact) mass is 293 g/mol. The molecule has 1 aliphatic rings. The van der Waals surface area contributed by atoms with E-state index in [1.165, 1.54) is 6.07 Å². The number of aromatic nitrogens is 1. The Bertz CT molecular complexity index is 588. The number of aryl methyl sites for hydroxylation is 1. The number of carbonyl (C=O) groups is 1. The molecule has 0 aliphatic carbocycles. The van der Waals surface area contributed by atoms with Gasteiger partial charge in [0.2, 0.25) is 5.82 Å². The molecule has 1 saturated heterocycles. The molecule has 1 aromatic heterocycles. The Balaban J connectivity index is 2.38. The first-order valence-electron chi connectivity index (χ1n) is 6.87. The van der Waals surface area contributed by atoms with Crippen molar-refractivity contribution in [2.24, 2.45) is 11.3 Å². The molecule has 2 heterocycles. The zero-order valence-corrected chi connectivity index (χ0v) is 12.4. The van der Waals surface area contributed by atoms with Gasteiger partial charge >= 0.3 is 11.7 Å². The predicted octanol–water partition coefficient (Wildman–Crippen LogP) is 2.24. The van der Waals surface area contributed by atoms with Crippen LogP contribution in [-0.4, -0.2) is 34.1 Å². The molecule has 1 atom stereocenters. The molecule has 1 N–H and O–H groups in total. The zero-order valence-electron chi connectivity index (χ0n) is 12.4. The van der Waals surface area contributed by atoms with Crippen LogP contribution in [0.15, 0.2) is 12.3 Å². The number of carboxylic acids is 1. The molecular formula is C14H19N3O4. The van der Waals surface area contributed by atoms with E-state index in [9.17, 15) is 20.0 Å². The van der Waals surface area contributed by atoms with E-state index in [0.717, 1.165) is 0 Å². The molecule has 0 spiro atoms. The number of rotatable bonds is 4. The number of nitrogens with zero attached hydrogens (tertiary/aromatic N) is 3. The molecule has 1 aromatic rings. The number of aliphatic carboxylic acids is 1. The quantitative estimate of drug-likeness (QED) is 0.675. The lowest BCUT2D eigenvalue weighted by Gasteiger charge is -2.28. The molecule has 1 aliphatic heterocycles. The minimum absolute atomic E-state index is 0.0514. The van der Waals surface area contributed by atoms with Gasteiger partial charge in [0.25, 0.3) is 0 Å². The van der Waals surface area contributed by atoms with Gasteiger partial charge < -0.3 is 10.0 Å². The summed E-state index contributed by atoms with van der Waals surface area (Å²) in [6, 6.07) is 1.47. The van der Waals surface area contributed by atoms with Gasteiger partial charge in [0, 0.05) is 25.4 Å². The summed E-state index contributed by atoms with van der Waals surface area (Å²) in [5.41, 5.74) is -0.238. The number of anilines is 1. The second-order valence-electron chi connectivity index (χ2n) is 5.90. The third-order valence-electron chi connectivity index (χ3n) is 4.31. The van der Waals surface area contributed by atoms with Crippen molar-refractivity contribution in [2.75, 3.05) is 18.0 Å². The van der Waals surface area contributed by atoms with Crippen molar-refractivity contribution < 1.29 is 14.8 Å². The second kappa shape index (κ2) is 5.31. The normalized spacial score (nSPS) is 21.8. The number of pyridine rings is 1. The molecule has 0 amide bonds. The maximum absolute atomic E-state index is 11.6. The summed E-state index contributed by atoms with van der Waals surface area (Å²) in [4.78, 5) is 28.2. The third-order valence-corrected chi connectivity index (χ3v) is 4.31. The minimum atomic E-state index is -0.875. The van der Waals surface area contributed by atoms with E-state index in [-0.39, 0.29) is 24.0 Å². The topological polar surface area (TPSA) is 96.6 Å². The average molecular weight is 293 g/mol. The lowest BCUT2D eigenvalue weighted by molar-refractivity contribution is -0.384. The van der Waals surface area contributed by atoms with Crippen molar-refractivity contribution in [3.05, 3.63) is 27.9 Å². The van der Waals surface area contributed by atoms with E-state index in [4.69, 9.17) is 0 Å². The van der Waals surface area contributed by atoms with Crippen molar-refractivity contribution in [1.29, 1.82) is 0 Å². The molecule has 1 fully saturated rings. The van der Waals surface area contributed by atoms with Crippen molar-refractivity contribution in [3.8, 4) is 0 Å². The van der Waals surface area contributed by atoms with E-state index in [1.807, 2.05) is 13.8 Å². The van der Waals surface area contributed by atoms with Gasteiger partial charge in [-0.2, -0.15) is 0 Å². The van der Waals surface area contributed by atoms with E-state index in [0.29, 0.717) is 18.5 Å². The third kappa shape index (κ3) is 2.55. The van der Waals surface area contributed by atoms with Crippen LogP contribution in [0.3, 0.4) is 0 Å². The molecule has 21 heavy (non-hydrogen) atoms. The first-order chi connectivity index (χ1) is 9.78. The van der Waals surface area contributed by atoms with Gasteiger partial charge in [-0.05, 0) is 24.8 Å². The maximum atomic E-state index is 11.6. The van der Waals surface area contributed by atoms with Gasteiger partial charge in [-0.15, -0.1) is 0 Å². The van der Waals surface area contributed by atoms with Gasteiger partial charge in [0.1, 0.15) is 0 Å². The summed E-state index contributed by atoms with van der Waals surface area (Å²) in [7, 11) is 0. The van der Waals surface area contributed by atoms with Crippen LogP contribution in [0.5, 0.6) is 0 Å². The summed E-state index contributed by atoms with van der Waals surface area (Å²) >= 11 is 0. The lowest BCUT2D eigenvalue weighted by Crippen LogP contribution is -2.39. The molecule has 1 unspecified atom stereocenters. The van der Waals surface area contributed by atoms with Crippen LogP contribution in [0.1, 0.15) is 25.8 Å². The Hall–Kier alpha value is -2.18. The van der Waals surface area contributed by atoms with Crippen molar-refractivity contribution in [2.45, 2.75) is 27.2 Å². The number of hydrogen-bond donors (Lipinski definition) is 1. The van der Waals surface area contributed by atoms with Gasteiger partial charge in [-0.1, -0.05) is 13.8 Å². The highest BCUT2D eigenvalue weighted by atomic mass is 16.6. The molecule has 0 bridgehead atoms. The molecule has 7 nitrogen and oxygen atoms in total. The van der Waals surface area contributed by atoms with Crippen LogP contribution in [0.2, 0.25) is 0 Å². The summed E-state index contributed by atoms with van der Waals surface area (Å²) < 4.78 is 0. The largest absolute Gasteiger partial charge is 0.481 e. The predicted molar refractivity (Wildman–Crippen MR) is 77.4 cm³/mol. The fourth-order valence-electron chi connectivity index (χ4n) is 2.83. The lowest BCUT2D eigenvalue weighted by atomic mass is 9.76. The molecule has 114 valence electrons. The Morgan fingerprint density at radius 3 is 2.71 bits per heavy atom.